The van der Waals surface area contributed by atoms with Crippen LogP contribution >= 0.6 is 0 Å². The highest BCUT2D eigenvalue weighted by Gasteiger charge is 2.23. The normalized spacial score (nSPS) is 15.0. The van der Waals surface area contributed by atoms with Gasteiger partial charge in [0.05, 0.1) is 25.2 Å². The molecule has 1 fully saturated rings. The van der Waals surface area contributed by atoms with E-state index in [1.54, 1.807) is 0 Å². The smallest absolute Gasteiger partial charge is 0.241 e. The van der Waals surface area contributed by atoms with Crippen LogP contribution in [0, 0.1) is 5.82 Å². The Balaban J connectivity index is 1.56. The molecule has 0 atom stereocenters. The number of para-hydroxylation sites is 1. The summed E-state index contributed by atoms with van der Waals surface area (Å²) in [6, 6.07) is 13.4. The largest absolute Gasteiger partial charge is 0.379 e. The van der Waals surface area contributed by atoms with Gasteiger partial charge in [0.25, 0.3) is 0 Å². The first-order valence-corrected chi connectivity index (χ1v) is 11.5. The van der Waals surface area contributed by atoms with Gasteiger partial charge in [-0.3, -0.25) is 14.0 Å². The molecule has 1 N–H and O–H groups in total. The summed E-state index contributed by atoms with van der Waals surface area (Å²) >= 11 is 0. The number of sulfonamides is 1. The van der Waals surface area contributed by atoms with E-state index in [0.717, 1.165) is 55.0 Å². The van der Waals surface area contributed by atoms with Crippen molar-refractivity contribution in [1.82, 2.24) is 10.2 Å². The van der Waals surface area contributed by atoms with Crippen molar-refractivity contribution < 1.29 is 22.3 Å². The third-order valence-electron chi connectivity index (χ3n) is 4.83. The second-order valence-corrected chi connectivity index (χ2v) is 9.11. The van der Waals surface area contributed by atoms with Crippen LogP contribution in [0.4, 0.5) is 10.1 Å². The number of nitrogens with zero attached hydrogens (tertiary/aromatic N) is 2. The lowest BCUT2D eigenvalue weighted by molar-refractivity contribution is -0.119. The molecule has 9 heteroatoms. The lowest BCUT2D eigenvalue weighted by Crippen LogP contribution is -2.40. The highest BCUT2D eigenvalue weighted by atomic mass is 32.2. The molecule has 162 valence electrons. The monoisotopic (exact) mass is 435 g/mol. The predicted octanol–water partition coefficient (Wildman–Crippen LogP) is 1.74. The van der Waals surface area contributed by atoms with Crippen molar-refractivity contribution in [2.24, 2.45) is 0 Å². The van der Waals surface area contributed by atoms with Gasteiger partial charge in [0, 0.05) is 26.2 Å². The fourth-order valence-corrected chi connectivity index (χ4v) is 4.06. The van der Waals surface area contributed by atoms with Gasteiger partial charge in [0.15, 0.2) is 0 Å². The fraction of sp³-hybridized carbons (Fsp3) is 0.381. The average Bonchev–Trinajstić information content (AvgIpc) is 2.72. The van der Waals surface area contributed by atoms with Gasteiger partial charge in [-0.1, -0.05) is 36.4 Å². The van der Waals surface area contributed by atoms with Gasteiger partial charge in [-0.05, 0) is 23.3 Å². The van der Waals surface area contributed by atoms with Crippen molar-refractivity contribution in [2.75, 3.05) is 43.4 Å². The Labute approximate surface area is 176 Å². The van der Waals surface area contributed by atoms with Crippen LogP contribution in [-0.4, -0.2) is 58.3 Å². The van der Waals surface area contributed by atoms with E-state index in [4.69, 9.17) is 4.74 Å². The molecule has 0 saturated carbocycles. The Kier molecular flexibility index (Phi) is 7.41. The van der Waals surface area contributed by atoms with Crippen LogP contribution in [0.25, 0.3) is 0 Å². The minimum Gasteiger partial charge on any atom is -0.379 e. The molecule has 0 aromatic heterocycles. The molecular formula is C21H26FN3O4S. The molecule has 2 aromatic carbocycles. The number of hydrogen-bond acceptors (Lipinski definition) is 5. The molecule has 0 aliphatic carbocycles. The van der Waals surface area contributed by atoms with Crippen molar-refractivity contribution in [3.05, 3.63) is 65.5 Å². The first kappa shape index (κ1) is 22.2. The van der Waals surface area contributed by atoms with Crippen LogP contribution in [0.15, 0.2) is 48.5 Å². The van der Waals surface area contributed by atoms with E-state index in [1.165, 1.54) is 23.8 Å². The van der Waals surface area contributed by atoms with Crippen molar-refractivity contribution in [2.45, 2.75) is 13.1 Å². The minimum atomic E-state index is -3.82. The van der Waals surface area contributed by atoms with Crippen LogP contribution in [0.3, 0.4) is 0 Å². The third-order valence-corrected chi connectivity index (χ3v) is 5.96. The van der Waals surface area contributed by atoms with Gasteiger partial charge in [0.1, 0.15) is 12.4 Å². The molecule has 3 rings (SSSR count). The molecule has 30 heavy (non-hydrogen) atoms. The molecule has 0 spiro atoms. The highest BCUT2D eigenvalue weighted by Crippen LogP contribution is 2.21. The van der Waals surface area contributed by atoms with E-state index in [-0.39, 0.29) is 12.2 Å². The number of amides is 1. The molecule has 1 aliphatic rings. The van der Waals surface area contributed by atoms with Crippen molar-refractivity contribution in [1.29, 1.82) is 0 Å². The predicted molar refractivity (Wildman–Crippen MR) is 113 cm³/mol. The number of hydrogen-bond donors (Lipinski definition) is 1. The van der Waals surface area contributed by atoms with Crippen LogP contribution in [0.1, 0.15) is 11.1 Å². The van der Waals surface area contributed by atoms with E-state index >= 15 is 0 Å². The number of nitrogens with one attached hydrogen (secondary N) is 1. The van der Waals surface area contributed by atoms with E-state index in [9.17, 15) is 17.6 Å². The maximum absolute atomic E-state index is 14.0. The van der Waals surface area contributed by atoms with Gasteiger partial charge in [0.2, 0.25) is 15.9 Å². The Morgan fingerprint density at radius 3 is 2.37 bits per heavy atom. The SMILES string of the molecule is CS(=O)(=O)N(CC(=O)NCc1ccc(CN2CCOCC2)cc1)c1ccccc1F. The third kappa shape index (κ3) is 6.25. The zero-order chi connectivity index (χ0) is 21.6. The lowest BCUT2D eigenvalue weighted by Gasteiger charge is -2.26. The molecule has 2 aromatic rings. The van der Waals surface area contributed by atoms with Gasteiger partial charge >= 0.3 is 0 Å². The molecular weight excluding hydrogens is 409 g/mol. The Morgan fingerprint density at radius 2 is 1.73 bits per heavy atom. The number of carbonyl (C=O) groups is 1. The zero-order valence-electron chi connectivity index (χ0n) is 16.9. The first-order chi connectivity index (χ1) is 14.3. The lowest BCUT2D eigenvalue weighted by atomic mass is 10.1. The number of halogens is 1. The number of morpholine rings is 1. The maximum atomic E-state index is 14.0. The van der Waals surface area contributed by atoms with Crippen molar-refractivity contribution >= 4 is 21.6 Å². The van der Waals surface area contributed by atoms with Crippen molar-refractivity contribution in [3.63, 3.8) is 0 Å². The molecule has 0 bridgehead atoms. The van der Waals surface area contributed by atoms with Crippen LogP contribution < -0.4 is 9.62 Å². The van der Waals surface area contributed by atoms with Gasteiger partial charge in [-0.2, -0.15) is 0 Å². The van der Waals surface area contributed by atoms with Crippen LogP contribution in [-0.2, 0) is 32.6 Å². The Bertz CT molecular complexity index is 960. The first-order valence-electron chi connectivity index (χ1n) is 9.70. The van der Waals surface area contributed by atoms with E-state index in [0.29, 0.717) is 0 Å². The summed E-state index contributed by atoms with van der Waals surface area (Å²) < 4.78 is 44.3. The average molecular weight is 436 g/mol. The van der Waals surface area contributed by atoms with Gasteiger partial charge in [-0.25, -0.2) is 12.8 Å². The molecule has 1 heterocycles. The number of rotatable bonds is 8. The summed E-state index contributed by atoms with van der Waals surface area (Å²) in [5, 5.41) is 2.70. The minimum absolute atomic E-state index is 0.150. The topological polar surface area (TPSA) is 79.0 Å². The second kappa shape index (κ2) is 10.0. The molecule has 7 nitrogen and oxygen atoms in total. The van der Waals surface area contributed by atoms with Gasteiger partial charge in [-0.15, -0.1) is 0 Å². The van der Waals surface area contributed by atoms with E-state index in [1.807, 2.05) is 24.3 Å². The second-order valence-electron chi connectivity index (χ2n) is 7.20. The quantitative estimate of drug-likeness (QED) is 0.683. The molecule has 1 aliphatic heterocycles. The molecule has 0 radical (unpaired) electrons. The molecule has 1 saturated heterocycles. The number of carbonyl (C=O) groups excluding carboxylic acids is 1. The van der Waals surface area contributed by atoms with Gasteiger partial charge < -0.3 is 10.1 Å². The Morgan fingerprint density at radius 1 is 1.10 bits per heavy atom. The van der Waals surface area contributed by atoms with Crippen LogP contribution in [0.2, 0.25) is 0 Å². The summed E-state index contributed by atoms with van der Waals surface area (Å²) in [6.45, 7) is 3.94. The molecule has 1 amide bonds. The maximum Gasteiger partial charge on any atom is 0.241 e. The van der Waals surface area contributed by atoms with E-state index < -0.39 is 28.3 Å². The summed E-state index contributed by atoms with van der Waals surface area (Å²) in [4.78, 5) is 14.7. The summed E-state index contributed by atoms with van der Waals surface area (Å²) in [5.41, 5.74) is 1.92. The Hall–Kier alpha value is -2.49. The summed E-state index contributed by atoms with van der Waals surface area (Å²) in [7, 11) is -3.82. The summed E-state index contributed by atoms with van der Waals surface area (Å²) in [5.74, 6) is -1.22. The molecule has 0 unspecified atom stereocenters. The number of ether oxygens (including phenoxy) is 1. The number of benzene rings is 2. The fourth-order valence-electron chi connectivity index (χ4n) is 3.20. The highest BCUT2D eigenvalue weighted by molar-refractivity contribution is 7.92. The number of anilines is 1. The summed E-state index contributed by atoms with van der Waals surface area (Å²) in [6.07, 6.45) is 0.944. The van der Waals surface area contributed by atoms with Crippen LogP contribution in [0.5, 0.6) is 0 Å². The van der Waals surface area contributed by atoms with Crippen molar-refractivity contribution in [3.8, 4) is 0 Å². The standard InChI is InChI=1S/C21H26FN3O4S/c1-30(27,28)25(20-5-3-2-4-19(20)22)16-21(26)23-14-17-6-8-18(9-7-17)15-24-10-12-29-13-11-24/h2-9H,10-16H2,1H3,(H,23,26). The van der Waals surface area contributed by atoms with E-state index in [2.05, 4.69) is 10.2 Å². The zero-order valence-corrected chi connectivity index (χ0v) is 17.7.